The van der Waals surface area contributed by atoms with Crippen LogP contribution in [0.4, 0.5) is 4.39 Å². The molecule has 2 nitrogen and oxygen atoms in total. The lowest BCUT2D eigenvalue weighted by molar-refractivity contribution is 0.151. The maximum atomic E-state index is 12.9. The van der Waals surface area contributed by atoms with Gasteiger partial charge in [-0.2, -0.15) is 0 Å². The van der Waals surface area contributed by atoms with Gasteiger partial charge >= 0.3 is 0 Å². The van der Waals surface area contributed by atoms with Crippen LogP contribution in [0.25, 0.3) is 0 Å². The molecule has 0 spiro atoms. The molecule has 0 aliphatic carbocycles. The highest BCUT2D eigenvalue weighted by Gasteiger charge is 2.43. The second-order valence-corrected chi connectivity index (χ2v) is 5.35. The molecule has 3 heteroatoms. The van der Waals surface area contributed by atoms with Gasteiger partial charge in [0.05, 0.1) is 12.1 Å². The van der Waals surface area contributed by atoms with Crippen molar-refractivity contribution >= 4 is 0 Å². The van der Waals surface area contributed by atoms with Crippen LogP contribution in [-0.2, 0) is 0 Å². The first-order valence-electron chi connectivity index (χ1n) is 6.91. The van der Waals surface area contributed by atoms with Gasteiger partial charge in [-0.05, 0) is 30.2 Å². The minimum atomic E-state index is -0.554. The fourth-order valence-electron chi connectivity index (χ4n) is 2.70. The molecule has 3 unspecified atom stereocenters. The quantitative estimate of drug-likeness (QED) is 0.862. The van der Waals surface area contributed by atoms with Crippen LogP contribution in [-0.4, -0.2) is 22.6 Å². The van der Waals surface area contributed by atoms with E-state index in [0.717, 1.165) is 12.1 Å². The van der Waals surface area contributed by atoms with E-state index in [2.05, 4.69) is 24.0 Å². The minimum absolute atomic E-state index is 0.121. The van der Waals surface area contributed by atoms with E-state index < -0.39 is 6.10 Å². The number of aliphatic hydroxyl groups excluding tert-OH is 1. The normalized spacial score (nSPS) is 24.1. The van der Waals surface area contributed by atoms with Gasteiger partial charge < -0.3 is 5.11 Å². The first-order valence-corrected chi connectivity index (χ1v) is 6.91. The standard InChI is InChI=1S/C17H18FNO/c1-12(13-5-3-2-4-6-13)19-11-16(19)17(20)14-7-9-15(18)10-8-14/h2-10,12,16-17,20H,11H2,1H3/t12-,16?,17?,19?/m0/s1. The van der Waals surface area contributed by atoms with Gasteiger partial charge in [0.15, 0.2) is 0 Å². The number of hydrogen-bond acceptors (Lipinski definition) is 2. The Labute approximate surface area is 118 Å². The molecule has 2 aromatic rings. The molecule has 1 heterocycles. The Balaban J connectivity index is 1.68. The zero-order chi connectivity index (χ0) is 14.1. The third kappa shape index (κ3) is 2.60. The van der Waals surface area contributed by atoms with E-state index in [4.69, 9.17) is 0 Å². The van der Waals surface area contributed by atoms with Gasteiger partial charge in [-0.3, -0.25) is 4.90 Å². The molecule has 0 amide bonds. The number of hydrogen-bond donors (Lipinski definition) is 1. The highest BCUT2D eigenvalue weighted by molar-refractivity contribution is 5.25. The fraction of sp³-hybridized carbons (Fsp3) is 0.294. The molecule has 20 heavy (non-hydrogen) atoms. The molecule has 3 rings (SSSR count). The Morgan fingerprint density at radius 3 is 2.35 bits per heavy atom. The predicted octanol–water partition coefficient (Wildman–Crippen LogP) is 3.30. The highest BCUT2D eigenvalue weighted by atomic mass is 19.1. The zero-order valence-electron chi connectivity index (χ0n) is 11.4. The van der Waals surface area contributed by atoms with Crippen LogP contribution in [0.3, 0.4) is 0 Å². The second kappa shape index (κ2) is 5.35. The number of nitrogens with zero attached hydrogens (tertiary/aromatic N) is 1. The van der Waals surface area contributed by atoms with Gasteiger partial charge in [-0.25, -0.2) is 4.39 Å². The van der Waals surface area contributed by atoms with Crippen LogP contribution in [0.1, 0.15) is 30.2 Å². The van der Waals surface area contributed by atoms with E-state index in [1.165, 1.54) is 17.7 Å². The predicted molar refractivity (Wildman–Crippen MR) is 76.7 cm³/mol. The van der Waals surface area contributed by atoms with E-state index in [-0.39, 0.29) is 17.9 Å². The lowest BCUT2D eigenvalue weighted by atomic mass is 10.1. The summed E-state index contributed by atoms with van der Waals surface area (Å²) in [5.41, 5.74) is 2.03. The molecule has 1 fully saturated rings. The maximum Gasteiger partial charge on any atom is 0.123 e. The Hall–Kier alpha value is -1.71. The summed E-state index contributed by atoms with van der Waals surface area (Å²) < 4.78 is 12.9. The molecule has 0 bridgehead atoms. The Kier molecular flexibility index (Phi) is 3.55. The van der Waals surface area contributed by atoms with Crippen LogP contribution in [0.15, 0.2) is 54.6 Å². The van der Waals surface area contributed by atoms with Crippen molar-refractivity contribution in [1.82, 2.24) is 4.90 Å². The number of benzene rings is 2. The molecule has 104 valence electrons. The van der Waals surface area contributed by atoms with Crippen molar-refractivity contribution in [2.75, 3.05) is 6.54 Å². The van der Waals surface area contributed by atoms with Gasteiger partial charge in [0, 0.05) is 12.6 Å². The van der Waals surface area contributed by atoms with E-state index in [1.54, 1.807) is 12.1 Å². The smallest absolute Gasteiger partial charge is 0.123 e. The molecular weight excluding hydrogens is 253 g/mol. The summed E-state index contributed by atoms with van der Waals surface area (Å²) in [5.74, 6) is -0.272. The van der Waals surface area contributed by atoms with E-state index in [1.807, 2.05) is 18.2 Å². The third-order valence-corrected chi connectivity index (χ3v) is 4.05. The first-order chi connectivity index (χ1) is 9.66. The van der Waals surface area contributed by atoms with Crippen molar-refractivity contribution in [3.8, 4) is 0 Å². The summed E-state index contributed by atoms with van der Waals surface area (Å²) in [4.78, 5) is 2.25. The molecule has 0 radical (unpaired) electrons. The zero-order valence-corrected chi connectivity index (χ0v) is 11.4. The second-order valence-electron chi connectivity index (χ2n) is 5.35. The number of rotatable bonds is 4. The minimum Gasteiger partial charge on any atom is -0.387 e. The van der Waals surface area contributed by atoms with Crippen molar-refractivity contribution in [1.29, 1.82) is 0 Å². The van der Waals surface area contributed by atoms with Crippen LogP contribution >= 0.6 is 0 Å². The summed E-state index contributed by atoms with van der Waals surface area (Å²) in [6.07, 6.45) is -0.554. The Morgan fingerprint density at radius 1 is 1.05 bits per heavy atom. The molecule has 2 aromatic carbocycles. The molecule has 1 aliphatic rings. The highest BCUT2D eigenvalue weighted by Crippen LogP contribution is 2.38. The Bertz CT molecular complexity index is 569. The van der Waals surface area contributed by atoms with Crippen LogP contribution in [0.5, 0.6) is 0 Å². The van der Waals surface area contributed by atoms with Crippen molar-refractivity contribution in [2.45, 2.75) is 25.1 Å². The molecule has 0 aromatic heterocycles. The lowest BCUT2D eigenvalue weighted by Gasteiger charge is -2.17. The van der Waals surface area contributed by atoms with Crippen LogP contribution < -0.4 is 0 Å². The lowest BCUT2D eigenvalue weighted by Crippen LogP contribution is -2.14. The third-order valence-electron chi connectivity index (χ3n) is 4.05. The van der Waals surface area contributed by atoms with E-state index in [9.17, 15) is 9.50 Å². The SMILES string of the molecule is C[C@@H](c1ccccc1)N1CC1C(O)c1ccc(F)cc1. The van der Waals surface area contributed by atoms with E-state index >= 15 is 0 Å². The summed E-state index contributed by atoms with van der Waals surface area (Å²) >= 11 is 0. The van der Waals surface area contributed by atoms with E-state index in [0.29, 0.717) is 0 Å². The monoisotopic (exact) mass is 271 g/mol. The average Bonchev–Trinajstić information content (AvgIpc) is 3.28. The molecule has 1 aliphatic heterocycles. The average molecular weight is 271 g/mol. The van der Waals surface area contributed by atoms with Crippen molar-refractivity contribution < 1.29 is 9.50 Å². The van der Waals surface area contributed by atoms with Crippen LogP contribution in [0.2, 0.25) is 0 Å². The molecule has 1 N–H and O–H groups in total. The maximum absolute atomic E-state index is 12.9. The Morgan fingerprint density at radius 2 is 1.70 bits per heavy atom. The van der Waals surface area contributed by atoms with Crippen molar-refractivity contribution in [3.63, 3.8) is 0 Å². The van der Waals surface area contributed by atoms with Gasteiger partial charge in [-0.15, -0.1) is 0 Å². The van der Waals surface area contributed by atoms with Gasteiger partial charge in [0.2, 0.25) is 0 Å². The fourth-order valence-corrected chi connectivity index (χ4v) is 2.70. The largest absolute Gasteiger partial charge is 0.387 e. The van der Waals surface area contributed by atoms with Gasteiger partial charge in [-0.1, -0.05) is 42.5 Å². The number of aliphatic hydroxyl groups is 1. The van der Waals surface area contributed by atoms with Crippen molar-refractivity contribution in [2.24, 2.45) is 0 Å². The first kappa shape index (κ1) is 13.3. The number of halogens is 1. The summed E-state index contributed by atoms with van der Waals surface area (Å²) in [5, 5.41) is 10.4. The van der Waals surface area contributed by atoms with Crippen LogP contribution in [0, 0.1) is 5.82 Å². The summed E-state index contributed by atoms with van der Waals surface area (Å²) in [6.45, 7) is 3.02. The molecule has 1 saturated heterocycles. The van der Waals surface area contributed by atoms with Crippen molar-refractivity contribution in [3.05, 3.63) is 71.5 Å². The summed E-state index contributed by atoms with van der Waals surface area (Å²) in [7, 11) is 0. The molecule has 4 atom stereocenters. The van der Waals surface area contributed by atoms with Gasteiger partial charge in [0.1, 0.15) is 5.82 Å². The summed E-state index contributed by atoms with van der Waals surface area (Å²) in [6, 6.07) is 16.8. The topological polar surface area (TPSA) is 23.2 Å². The van der Waals surface area contributed by atoms with Gasteiger partial charge in [0.25, 0.3) is 0 Å². The molecular formula is C17H18FNO. The molecule has 0 saturated carbocycles.